The molecule has 2 aliphatic heterocycles. The smallest absolute Gasteiger partial charge is 0.331 e. The summed E-state index contributed by atoms with van der Waals surface area (Å²) in [4.78, 5) is 28.8. The van der Waals surface area contributed by atoms with Crippen LogP contribution in [0.15, 0.2) is 23.9 Å². The van der Waals surface area contributed by atoms with Gasteiger partial charge in [-0.1, -0.05) is 26.3 Å². The number of anilines is 1. The highest BCUT2D eigenvalue weighted by molar-refractivity contribution is 6.74. The summed E-state index contributed by atoms with van der Waals surface area (Å²) in [6, 6.07) is 3.77. The second-order valence-electron chi connectivity index (χ2n) is 9.87. The third-order valence-corrected chi connectivity index (χ3v) is 11.1. The largest absolute Gasteiger partial charge is 0.396 e. The van der Waals surface area contributed by atoms with Crippen LogP contribution in [0.4, 0.5) is 5.69 Å². The molecule has 0 unspecified atom stereocenters. The molecule has 29 heavy (non-hydrogen) atoms. The van der Waals surface area contributed by atoms with Crippen LogP contribution in [0.5, 0.6) is 0 Å². The molecule has 3 rings (SSSR count). The first-order chi connectivity index (χ1) is 13.4. The number of hydrogen-bond acceptors (Lipinski definition) is 4. The quantitative estimate of drug-likeness (QED) is 0.544. The number of carbonyl (C=O) groups is 2. The van der Waals surface area contributed by atoms with Gasteiger partial charge in [-0.2, -0.15) is 0 Å². The number of benzene rings is 1. The van der Waals surface area contributed by atoms with Crippen molar-refractivity contribution in [3.05, 3.63) is 40.6 Å². The van der Waals surface area contributed by atoms with E-state index < -0.39 is 14.5 Å². The summed E-state index contributed by atoms with van der Waals surface area (Å²) >= 11 is 0. The van der Waals surface area contributed by atoms with E-state index in [0.29, 0.717) is 5.56 Å². The third-order valence-electron chi connectivity index (χ3n) is 6.65. The van der Waals surface area contributed by atoms with Crippen molar-refractivity contribution < 1.29 is 14.0 Å². The van der Waals surface area contributed by atoms with Crippen molar-refractivity contribution in [3.8, 4) is 0 Å². The molecule has 1 amide bonds. The molecular weight excluding hydrogens is 379 g/mol. The number of aryl methyl sites for hydroxylation is 2. The Hall–Kier alpha value is -1.86. The Morgan fingerprint density at radius 1 is 1.17 bits per heavy atom. The number of hydrogen-bond donors (Lipinski definition) is 0. The molecule has 0 aromatic heterocycles. The topological polar surface area (TPSA) is 49.9 Å². The number of nitrogens with zero attached hydrogens (tertiary/aromatic N) is 2. The van der Waals surface area contributed by atoms with E-state index in [1.807, 2.05) is 48.8 Å². The molecule has 1 radical (unpaired) electrons. The van der Waals surface area contributed by atoms with Crippen LogP contribution < -0.4 is 4.81 Å². The highest BCUT2D eigenvalue weighted by Crippen LogP contribution is 2.42. The van der Waals surface area contributed by atoms with E-state index in [1.165, 1.54) is 7.41 Å². The van der Waals surface area contributed by atoms with Crippen molar-refractivity contribution in [3.63, 3.8) is 0 Å². The van der Waals surface area contributed by atoms with E-state index in [9.17, 15) is 9.59 Å². The lowest BCUT2D eigenvalue weighted by Gasteiger charge is -2.45. The Balaban J connectivity index is 2.20. The predicted octanol–water partition coefficient (Wildman–Crippen LogP) is 4.40. The maximum Gasteiger partial charge on any atom is 0.331 e. The van der Waals surface area contributed by atoms with Crippen molar-refractivity contribution in [1.82, 2.24) is 4.90 Å². The fourth-order valence-electron chi connectivity index (χ4n) is 3.75. The van der Waals surface area contributed by atoms with Gasteiger partial charge in [0.15, 0.2) is 8.32 Å². The molecule has 0 bridgehead atoms. The average Bonchev–Trinajstić information content (AvgIpc) is 2.97. The van der Waals surface area contributed by atoms with Crippen LogP contribution in [0.25, 0.3) is 0 Å². The maximum absolute atomic E-state index is 13.5. The van der Waals surface area contributed by atoms with Crippen LogP contribution >= 0.6 is 0 Å². The van der Waals surface area contributed by atoms with Gasteiger partial charge >= 0.3 is 7.41 Å². The van der Waals surface area contributed by atoms with Gasteiger partial charge in [-0.3, -0.25) is 4.79 Å². The highest BCUT2D eigenvalue weighted by Gasteiger charge is 2.48. The zero-order valence-corrected chi connectivity index (χ0v) is 19.9. The van der Waals surface area contributed by atoms with E-state index in [1.54, 1.807) is 0 Å². The van der Waals surface area contributed by atoms with Crippen molar-refractivity contribution in [2.75, 3.05) is 4.81 Å². The van der Waals surface area contributed by atoms with Crippen LogP contribution in [-0.2, 0) is 9.22 Å². The summed E-state index contributed by atoms with van der Waals surface area (Å²) in [7, 11) is -0.650. The summed E-state index contributed by atoms with van der Waals surface area (Å²) in [5, 5.41) is 0.00803. The molecule has 155 valence electrons. The number of fused-ring (bicyclic) bond motifs is 2. The van der Waals surface area contributed by atoms with Crippen LogP contribution in [-0.4, -0.2) is 45.0 Å². The molecule has 0 saturated carbocycles. The Kier molecular flexibility index (Phi) is 5.60. The van der Waals surface area contributed by atoms with Gasteiger partial charge in [0.1, 0.15) is 12.4 Å². The summed E-state index contributed by atoms with van der Waals surface area (Å²) in [5.74, 6) is -0.0319. The molecule has 5 nitrogen and oxygen atoms in total. The molecule has 2 atom stereocenters. The van der Waals surface area contributed by atoms with Crippen molar-refractivity contribution in [1.29, 1.82) is 0 Å². The predicted molar refractivity (Wildman–Crippen MR) is 121 cm³/mol. The summed E-state index contributed by atoms with van der Waals surface area (Å²) in [5.41, 5.74) is 4.65. The highest BCUT2D eigenvalue weighted by atomic mass is 28.4. The van der Waals surface area contributed by atoms with Crippen LogP contribution in [0.1, 0.15) is 55.6 Å². The second kappa shape index (κ2) is 7.44. The zero-order chi connectivity index (χ0) is 21.7. The molecule has 0 fully saturated rings. The SMILES string of the molecule is CC1=CN2C(=O)c3cc(C)c(C)cc3N([B]C=O)[C@@H](O[Si](C)(C)C(C)(C)C)[C@@H]2C1. The first kappa shape index (κ1) is 21.8. The molecule has 1 aromatic carbocycles. The monoisotopic (exact) mass is 411 g/mol. The molecule has 7 heteroatoms. The lowest BCUT2D eigenvalue weighted by molar-refractivity contribution is 0.0638. The minimum absolute atomic E-state index is 0.00803. The van der Waals surface area contributed by atoms with Gasteiger partial charge in [0.2, 0.25) is 0 Å². The van der Waals surface area contributed by atoms with Gasteiger partial charge in [-0.15, -0.1) is 0 Å². The molecule has 0 saturated heterocycles. The number of amides is 1. The van der Waals surface area contributed by atoms with Gasteiger partial charge in [-0.25, -0.2) is 0 Å². The lowest BCUT2D eigenvalue weighted by atomic mass is 9.89. The number of rotatable bonds is 4. The molecule has 2 aliphatic rings. The summed E-state index contributed by atoms with van der Waals surface area (Å²) in [6.07, 6.45) is 3.05. The summed E-state index contributed by atoms with van der Waals surface area (Å²) in [6.45, 7) is 17.1. The van der Waals surface area contributed by atoms with Crippen molar-refractivity contribution >= 4 is 33.5 Å². The Morgan fingerprint density at radius 3 is 2.38 bits per heavy atom. The molecule has 0 aliphatic carbocycles. The maximum atomic E-state index is 13.5. The van der Waals surface area contributed by atoms with Crippen LogP contribution in [0.3, 0.4) is 0 Å². The van der Waals surface area contributed by atoms with E-state index >= 15 is 0 Å². The van der Waals surface area contributed by atoms with E-state index in [-0.39, 0.29) is 17.0 Å². The van der Waals surface area contributed by atoms with Gasteiger partial charge in [-0.05, 0) is 68.6 Å². The van der Waals surface area contributed by atoms with Crippen molar-refractivity contribution in [2.24, 2.45) is 0 Å². The number of carbonyl (C=O) groups excluding carboxylic acids is 2. The normalized spacial score (nSPS) is 22.1. The zero-order valence-electron chi connectivity index (χ0n) is 18.9. The molecule has 0 spiro atoms. The van der Waals surface area contributed by atoms with Crippen LogP contribution in [0.2, 0.25) is 18.1 Å². The van der Waals surface area contributed by atoms with Crippen LogP contribution in [0, 0.1) is 13.8 Å². The molecule has 1 aromatic rings. The van der Waals surface area contributed by atoms with E-state index in [4.69, 9.17) is 4.43 Å². The Labute approximate surface area is 176 Å². The molecule has 2 heterocycles. The molecular formula is C22H32BN2O3Si. The standard InChI is InChI=1S/C22H32BN2O3Si/c1-14-9-19-21(28-29(7,8)22(4,5)6)25(23-13-26)18-11-16(3)15(2)10-17(18)20(27)24(19)12-14/h10-13,19,21H,9H2,1-8H3/t19-,21-/m0/s1. The van der Waals surface area contributed by atoms with E-state index in [0.717, 1.165) is 35.0 Å². The van der Waals surface area contributed by atoms with Gasteiger partial charge in [0, 0.05) is 11.9 Å². The van der Waals surface area contributed by atoms with Gasteiger partial charge in [0.25, 0.3) is 5.91 Å². The fraction of sp³-hybridized carbons (Fsp3) is 0.545. The van der Waals surface area contributed by atoms with Crippen molar-refractivity contribution in [2.45, 2.75) is 78.4 Å². The Bertz CT molecular complexity index is 876. The third kappa shape index (κ3) is 3.82. The summed E-state index contributed by atoms with van der Waals surface area (Å²) < 4.78 is 6.87. The second-order valence-corrected chi connectivity index (χ2v) is 14.6. The molecule has 0 N–H and O–H groups in total. The average molecular weight is 411 g/mol. The van der Waals surface area contributed by atoms with Gasteiger partial charge < -0.3 is 18.9 Å². The van der Waals surface area contributed by atoms with E-state index in [2.05, 4.69) is 33.9 Å². The lowest BCUT2D eigenvalue weighted by Crippen LogP contribution is -2.57. The first-order valence-electron chi connectivity index (χ1n) is 10.2. The minimum Gasteiger partial charge on any atom is -0.396 e. The van der Waals surface area contributed by atoms with Gasteiger partial charge in [0.05, 0.1) is 11.6 Å². The first-order valence-corrected chi connectivity index (χ1v) is 13.1. The fourth-order valence-corrected chi connectivity index (χ4v) is 4.98. The minimum atomic E-state index is -2.17. The Morgan fingerprint density at radius 2 is 1.79 bits per heavy atom.